The SMILES string of the molecule is CC(C)(COCc1ccccc1)N(Oc1ccccc1)P(N)(N)=O. The Labute approximate surface area is 142 Å². The molecular weight excluding hydrogens is 325 g/mol. The molecule has 0 aromatic heterocycles. The Kier molecular flexibility index (Phi) is 6.15. The minimum atomic E-state index is -3.64. The number of nitrogens with zero attached hydrogens (tertiary/aromatic N) is 1. The maximum Gasteiger partial charge on any atom is 0.309 e. The van der Waals surface area contributed by atoms with Crippen LogP contribution >= 0.6 is 7.59 Å². The molecule has 0 unspecified atom stereocenters. The van der Waals surface area contributed by atoms with E-state index in [9.17, 15) is 4.57 Å². The van der Waals surface area contributed by atoms with E-state index in [0.29, 0.717) is 12.4 Å². The average Bonchev–Trinajstić information content (AvgIpc) is 2.53. The first-order chi connectivity index (χ1) is 11.3. The first-order valence-corrected chi connectivity index (χ1v) is 9.41. The van der Waals surface area contributed by atoms with E-state index in [1.807, 2.05) is 62.4 Å². The van der Waals surface area contributed by atoms with Gasteiger partial charge in [0.15, 0.2) is 0 Å². The molecule has 0 bridgehead atoms. The van der Waals surface area contributed by atoms with Crippen LogP contribution in [0.4, 0.5) is 0 Å². The lowest BCUT2D eigenvalue weighted by Crippen LogP contribution is -2.50. The van der Waals surface area contributed by atoms with Gasteiger partial charge in [-0.25, -0.2) is 0 Å². The molecule has 0 heterocycles. The molecule has 24 heavy (non-hydrogen) atoms. The van der Waals surface area contributed by atoms with E-state index in [0.717, 1.165) is 10.4 Å². The highest BCUT2D eigenvalue weighted by Crippen LogP contribution is 2.39. The minimum Gasteiger partial charge on any atom is -0.397 e. The molecule has 2 rings (SSSR count). The summed E-state index contributed by atoms with van der Waals surface area (Å²) in [6.45, 7) is 4.30. The second-order valence-electron chi connectivity index (χ2n) is 6.14. The summed E-state index contributed by atoms with van der Waals surface area (Å²) in [6.07, 6.45) is 0. The second kappa shape index (κ2) is 7.92. The number of nitrogens with two attached hydrogens (primary N) is 2. The Bertz CT molecular complexity index is 674. The number of hydrogen-bond acceptors (Lipinski definition) is 3. The lowest BCUT2D eigenvalue weighted by Gasteiger charge is -2.38. The van der Waals surface area contributed by atoms with Gasteiger partial charge in [-0.15, -0.1) is 0 Å². The van der Waals surface area contributed by atoms with Crippen LogP contribution in [0.3, 0.4) is 0 Å². The molecule has 0 saturated carbocycles. The van der Waals surface area contributed by atoms with Crippen LogP contribution in [-0.4, -0.2) is 17.0 Å². The molecule has 2 aromatic carbocycles. The van der Waals surface area contributed by atoms with Crippen molar-refractivity contribution in [3.63, 3.8) is 0 Å². The molecule has 0 aliphatic heterocycles. The molecule has 7 heteroatoms. The number of ether oxygens (including phenoxy) is 1. The zero-order valence-corrected chi connectivity index (χ0v) is 14.9. The first kappa shape index (κ1) is 18.6. The van der Waals surface area contributed by atoms with E-state index in [4.69, 9.17) is 20.6 Å². The average molecular weight is 349 g/mol. The lowest BCUT2D eigenvalue weighted by molar-refractivity contribution is -0.0868. The van der Waals surface area contributed by atoms with Crippen molar-refractivity contribution < 1.29 is 14.1 Å². The summed E-state index contributed by atoms with van der Waals surface area (Å²) in [4.78, 5) is 6.83. The van der Waals surface area contributed by atoms with E-state index < -0.39 is 13.1 Å². The molecule has 0 radical (unpaired) electrons. The van der Waals surface area contributed by atoms with Crippen molar-refractivity contribution in [3.8, 4) is 5.75 Å². The van der Waals surface area contributed by atoms with Crippen LogP contribution in [0.1, 0.15) is 19.4 Å². The number of benzene rings is 2. The van der Waals surface area contributed by atoms with Gasteiger partial charge in [0.1, 0.15) is 5.75 Å². The third kappa shape index (κ3) is 5.44. The summed E-state index contributed by atoms with van der Waals surface area (Å²) in [7, 11) is -3.64. The molecular formula is C17H24N3O3P. The maximum atomic E-state index is 12.3. The zero-order chi connectivity index (χ0) is 17.6. The Morgan fingerprint density at radius 2 is 1.54 bits per heavy atom. The smallest absolute Gasteiger partial charge is 0.309 e. The highest BCUT2D eigenvalue weighted by Gasteiger charge is 2.39. The van der Waals surface area contributed by atoms with E-state index in [2.05, 4.69) is 0 Å². The predicted octanol–water partition coefficient (Wildman–Crippen LogP) is 3.30. The van der Waals surface area contributed by atoms with Crippen molar-refractivity contribution in [1.82, 2.24) is 4.83 Å². The first-order valence-electron chi connectivity index (χ1n) is 7.62. The summed E-state index contributed by atoms with van der Waals surface area (Å²) in [5, 5.41) is 0. The fraction of sp³-hybridized carbons (Fsp3) is 0.294. The minimum absolute atomic E-state index is 0.243. The lowest BCUT2D eigenvalue weighted by atomic mass is 10.1. The number of hydroxylamine groups is 1. The monoisotopic (exact) mass is 349 g/mol. The van der Waals surface area contributed by atoms with Crippen LogP contribution in [0.2, 0.25) is 0 Å². The zero-order valence-electron chi connectivity index (χ0n) is 14.0. The number of rotatable bonds is 8. The van der Waals surface area contributed by atoms with Gasteiger partial charge < -0.3 is 9.57 Å². The van der Waals surface area contributed by atoms with Crippen LogP contribution in [-0.2, 0) is 15.9 Å². The Morgan fingerprint density at radius 3 is 2.08 bits per heavy atom. The van der Waals surface area contributed by atoms with Gasteiger partial charge in [-0.05, 0) is 31.5 Å². The van der Waals surface area contributed by atoms with Crippen molar-refractivity contribution in [2.75, 3.05) is 6.61 Å². The van der Waals surface area contributed by atoms with Crippen LogP contribution in [0, 0.1) is 0 Å². The summed E-state index contributed by atoms with van der Waals surface area (Å²) in [5.74, 6) is 0.504. The topological polar surface area (TPSA) is 90.8 Å². The largest absolute Gasteiger partial charge is 0.397 e. The van der Waals surface area contributed by atoms with Gasteiger partial charge in [0, 0.05) is 0 Å². The van der Waals surface area contributed by atoms with Gasteiger partial charge >= 0.3 is 7.59 Å². The molecule has 4 N–H and O–H groups in total. The van der Waals surface area contributed by atoms with Crippen LogP contribution in [0.5, 0.6) is 5.75 Å². The van der Waals surface area contributed by atoms with Gasteiger partial charge in [-0.2, -0.15) is 0 Å². The van der Waals surface area contributed by atoms with E-state index in [-0.39, 0.29) is 6.61 Å². The Morgan fingerprint density at radius 1 is 1.00 bits per heavy atom. The summed E-state index contributed by atoms with van der Waals surface area (Å²) in [5.41, 5.74) is 11.6. The van der Waals surface area contributed by atoms with Crippen molar-refractivity contribution in [1.29, 1.82) is 0 Å². The predicted molar refractivity (Wildman–Crippen MR) is 95.1 cm³/mol. The van der Waals surface area contributed by atoms with Crippen molar-refractivity contribution in [2.45, 2.75) is 26.0 Å². The molecule has 2 aromatic rings. The molecule has 130 valence electrons. The molecule has 0 fully saturated rings. The molecule has 6 nitrogen and oxygen atoms in total. The molecule has 0 amide bonds. The molecule has 0 aliphatic rings. The van der Waals surface area contributed by atoms with Crippen LogP contribution in [0.15, 0.2) is 60.7 Å². The highest BCUT2D eigenvalue weighted by atomic mass is 31.2. The normalized spacial score (nSPS) is 12.4. The molecule has 0 spiro atoms. The molecule has 0 saturated heterocycles. The fourth-order valence-corrected chi connectivity index (χ4v) is 3.37. The molecule has 0 aliphatic carbocycles. The number of para-hydroxylation sites is 1. The number of hydrogen-bond donors (Lipinski definition) is 2. The van der Waals surface area contributed by atoms with E-state index >= 15 is 0 Å². The summed E-state index contributed by atoms with van der Waals surface area (Å²) < 4.78 is 18.0. The Balaban J connectivity index is 2.05. The third-order valence-electron chi connectivity index (χ3n) is 3.30. The van der Waals surface area contributed by atoms with Gasteiger partial charge in [-0.3, -0.25) is 15.6 Å². The van der Waals surface area contributed by atoms with Crippen molar-refractivity contribution in [2.24, 2.45) is 11.0 Å². The molecule has 0 atom stereocenters. The van der Waals surface area contributed by atoms with Crippen LogP contribution < -0.4 is 15.8 Å². The quantitative estimate of drug-likeness (QED) is 0.561. The maximum absolute atomic E-state index is 12.3. The highest BCUT2D eigenvalue weighted by molar-refractivity contribution is 7.56. The Hall–Kier alpha value is -1.69. The van der Waals surface area contributed by atoms with E-state index in [1.165, 1.54) is 0 Å². The van der Waals surface area contributed by atoms with Gasteiger partial charge in [0.05, 0.1) is 18.8 Å². The standard InChI is InChI=1S/C17H24N3O3P/c1-17(2,14-22-13-15-9-5-3-6-10-15)20(24(18,19)21)23-16-11-7-4-8-12-16/h3-12H,13-14H2,1-2H3,(H4,18,19,21). The van der Waals surface area contributed by atoms with Crippen molar-refractivity contribution in [3.05, 3.63) is 66.2 Å². The summed E-state index contributed by atoms with van der Waals surface area (Å²) in [6, 6.07) is 18.7. The van der Waals surface area contributed by atoms with Crippen molar-refractivity contribution >= 4 is 7.59 Å². The van der Waals surface area contributed by atoms with Gasteiger partial charge in [0.25, 0.3) is 0 Å². The second-order valence-corrected chi connectivity index (χ2v) is 7.85. The summed E-state index contributed by atoms with van der Waals surface area (Å²) >= 11 is 0. The van der Waals surface area contributed by atoms with Crippen LogP contribution in [0.25, 0.3) is 0 Å². The van der Waals surface area contributed by atoms with Gasteiger partial charge in [0.2, 0.25) is 0 Å². The van der Waals surface area contributed by atoms with Gasteiger partial charge in [-0.1, -0.05) is 53.4 Å². The third-order valence-corrected chi connectivity index (χ3v) is 4.49. The van der Waals surface area contributed by atoms with E-state index in [1.54, 1.807) is 12.1 Å². The fourth-order valence-electron chi connectivity index (χ4n) is 2.24.